The summed E-state index contributed by atoms with van der Waals surface area (Å²) < 4.78 is 6.35. The second kappa shape index (κ2) is 7.62. The van der Waals surface area contributed by atoms with Gasteiger partial charge in [0, 0.05) is 17.6 Å². The average molecular weight is 404 g/mol. The Morgan fingerprint density at radius 1 is 1.37 bits per heavy atom. The number of aromatic nitrogens is 1. The summed E-state index contributed by atoms with van der Waals surface area (Å²) >= 11 is 7.69. The van der Waals surface area contributed by atoms with Crippen molar-refractivity contribution in [2.75, 3.05) is 11.4 Å². The molecule has 1 saturated carbocycles. The number of thiazole rings is 1. The summed E-state index contributed by atoms with van der Waals surface area (Å²) in [7, 11) is 0. The van der Waals surface area contributed by atoms with Gasteiger partial charge in [-0.25, -0.2) is 4.98 Å². The summed E-state index contributed by atoms with van der Waals surface area (Å²) in [5, 5.41) is 1.37. The zero-order valence-electron chi connectivity index (χ0n) is 15.2. The van der Waals surface area contributed by atoms with Crippen LogP contribution in [-0.2, 0) is 0 Å². The lowest BCUT2D eigenvalue weighted by molar-refractivity contribution is 0.0953. The fourth-order valence-corrected chi connectivity index (χ4v) is 5.10. The molecule has 0 atom stereocenters. The van der Waals surface area contributed by atoms with Crippen molar-refractivity contribution in [2.45, 2.75) is 38.6 Å². The first-order chi connectivity index (χ1) is 13.0. The van der Waals surface area contributed by atoms with Crippen molar-refractivity contribution in [1.29, 1.82) is 0 Å². The Morgan fingerprint density at radius 2 is 2.15 bits per heavy atom. The number of hydrogen-bond donors (Lipinski definition) is 1. The minimum Gasteiger partial charge on any atom is -0.459 e. The van der Waals surface area contributed by atoms with Crippen LogP contribution in [0.4, 0.5) is 5.13 Å². The number of carbonyl (C=O) groups excluding carboxylic acids is 1. The minimum absolute atomic E-state index is 0.155. The fourth-order valence-electron chi connectivity index (χ4n) is 3.67. The largest absolute Gasteiger partial charge is 0.459 e. The summed E-state index contributed by atoms with van der Waals surface area (Å²) in [6.07, 6.45) is 5.58. The Kier molecular flexibility index (Phi) is 5.21. The number of nitrogens with zero attached hydrogens (tertiary/aromatic N) is 2. The second-order valence-corrected chi connectivity index (χ2v) is 8.69. The Labute approximate surface area is 167 Å². The van der Waals surface area contributed by atoms with Gasteiger partial charge in [0.2, 0.25) is 0 Å². The van der Waals surface area contributed by atoms with Gasteiger partial charge >= 0.3 is 0 Å². The number of aryl methyl sites for hydroxylation is 1. The van der Waals surface area contributed by atoms with Crippen molar-refractivity contribution in [1.82, 2.24) is 4.98 Å². The van der Waals surface area contributed by atoms with E-state index in [1.807, 2.05) is 19.1 Å². The predicted molar refractivity (Wildman–Crippen MR) is 110 cm³/mol. The van der Waals surface area contributed by atoms with E-state index in [9.17, 15) is 4.79 Å². The Hall–Kier alpha value is -1.89. The van der Waals surface area contributed by atoms with Gasteiger partial charge in [-0.1, -0.05) is 22.9 Å². The first kappa shape index (κ1) is 18.5. The molecule has 0 unspecified atom stereocenters. The first-order valence-corrected chi connectivity index (χ1v) is 10.4. The molecular formula is C20H22ClN3O2S. The maximum Gasteiger partial charge on any atom is 0.295 e. The van der Waals surface area contributed by atoms with Crippen LogP contribution in [0.3, 0.4) is 0 Å². The molecule has 1 amide bonds. The van der Waals surface area contributed by atoms with E-state index in [1.165, 1.54) is 17.6 Å². The lowest BCUT2D eigenvalue weighted by Gasteiger charge is -2.30. The molecule has 0 aliphatic heterocycles. The molecule has 1 fully saturated rings. The molecule has 142 valence electrons. The standard InChI is InChI=1S/C20H22ClN3O2S/c1-12-9-14(21)10-17-18(12)23-20(27-17)24(19(25)16-3-2-8-26-16)11-13-4-6-15(22)7-5-13/h2-3,8-10,13,15H,4-7,11,22H2,1H3. The molecule has 2 N–H and O–H groups in total. The third-order valence-corrected chi connectivity index (χ3v) is 6.42. The van der Waals surface area contributed by atoms with Crippen LogP contribution >= 0.6 is 22.9 Å². The van der Waals surface area contributed by atoms with E-state index in [0.29, 0.717) is 28.4 Å². The fraction of sp³-hybridized carbons (Fsp3) is 0.400. The quantitative estimate of drug-likeness (QED) is 0.664. The van der Waals surface area contributed by atoms with Crippen molar-refractivity contribution in [3.05, 3.63) is 46.9 Å². The van der Waals surface area contributed by atoms with Crippen LogP contribution in [0.2, 0.25) is 5.02 Å². The third kappa shape index (κ3) is 3.88. The zero-order valence-corrected chi connectivity index (χ0v) is 16.7. The van der Waals surface area contributed by atoms with E-state index in [4.69, 9.17) is 26.7 Å². The summed E-state index contributed by atoms with van der Waals surface area (Å²) in [5.41, 5.74) is 7.94. The number of benzene rings is 1. The van der Waals surface area contributed by atoms with Crippen LogP contribution in [0, 0.1) is 12.8 Å². The number of fused-ring (bicyclic) bond motifs is 1. The van der Waals surface area contributed by atoms with Gasteiger partial charge in [0.05, 0.1) is 16.5 Å². The van der Waals surface area contributed by atoms with E-state index in [2.05, 4.69) is 0 Å². The Balaban J connectivity index is 1.69. The van der Waals surface area contributed by atoms with E-state index in [-0.39, 0.29) is 11.9 Å². The number of halogens is 1. The summed E-state index contributed by atoms with van der Waals surface area (Å²) in [6.45, 7) is 2.61. The molecule has 3 aromatic rings. The van der Waals surface area contributed by atoms with Crippen molar-refractivity contribution >= 4 is 44.2 Å². The van der Waals surface area contributed by atoms with E-state index < -0.39 is 0 Å². The number of anilines is 1. The molecule has 7 heteroatoms. The molecule has 27 heavy (non-hydrogen) atoms. The topological polar surface area (TPSA) is 72.4 Å². The number of amides is 1. The van der Waals surface area contributed by atoms with Crippen LogP contribution < -0.4 is 10.6 Å². The van der Waals surface area contributed by atoms with E-state index in [0.717, 1.165) is 41.5 Å². The van der Waals surface area contributed by atoms with Crippen molar-refractivity contribution in [3.8, 4) is 0 Å². The predicted octanol–water partition coefficient (Wildman–Crippen LogP) is 5.02. The SMILES string of the molecule is Cc1cc(Cl)cc2sc(N(CC3CCC(N)CC3)C(=O)c3ccco3)nc12. The lowest BCUT2D eigenvalue weighted by Crippen LogP contribution is -2.38. The molecule has 0 saturated heterocycles. The zero-order chi connectivity index (χ0) is 19.0. The summed E-state index contributed by atoms with van der Waals surface area (Å²) in [5.74, 6) is 0.592. The first-order valence-electron chi connectivity index (χ1n) is 9.19. The Bertz CT molecular complexity index is 946. The highest BCUT2D eigenvalue weighted by Crippen LogP contribution is 2.35. The monoisotopic (exact) mass is 403 g/mol. The second-order valence-electron chi connectivity index (χ2n) is 7.24. The van der Waals surface area contributed by atoms with Gasteiger partial charge in [-0.3, -0.25) is 9.69 Å². The van der Waals surface area contributed by atoms with Crippen molar-refractivity contribution in [3.63, 3.8) is 0 Å². The van der Waals surface area contributed by atoms with Crippen LogP contribution in [0.15, 0.2) is 34.9 Å². The maximum absolute atomic E-state index is 13.1. The molecule has 2 aromatic heterocycles. The average Bonchev–Trinajstić information content (AvgIpc) is 3.30. The minimum atomic E-state index is -0.155. The van der Waals surface area contributed by atoms with Gasteiger partial charge < -0.3 is 10.2 Å². The number of nitrogens with two attached hydrogens (primary N) is 1. The van der Waals surface area contributed by atoms with E-state index in [1.54, 1.807) is 17.0 Å². The molecule has 4 rings (SSSR count). The molecule has 1 aliphatic carbocycles. The molecule has 5 nitrogen and oxygen atoms in total. The maximum atomic E-state index is 13.1. The molecule has 2 heterocycles. The lowest BCUT2D eigenvalue weighted by atomic mass is 9.86. The highest BCUT2D eigenvalue weighted by molar-refractivity contribution is 7.22. The van der Waals surface area contributed by atoms with Crippen LogP contribution in [0.25, 0.3) is 10.2 Å². The highest BCUT2D eigenvalue weighted by atomic mass is 35.5. The van der Waals surface area contributed by atoms with Crippen LogP contribution in [0.5, 0.6) is 0 Å². The number of furan rings is 1. The van der Waals surface area contributed by atoms with Gasteiger partial charge in [-0.15, -0.1) is 0 Å². The van der Waals surface area contributed by atoms with Crippen molar-refractivity contribution in [2.24, 2.45) is 11.7 Å². The van der Waals surface area contributed by atoms with E-state index >= 15 is 0 Å². The Morgan fingerprint density at radius 3 is 2.85 bits per heavy atom. The molecule has 1 aromatic carbocycles. The van der Waals surface area contributed by atoms with Crippen LogP contribution in [0.1, 0.15) is 41.8 Å². The van der Waals surface area contributed by atoms with Gasteiger partial charge in [0.15, 0.2) is 10.9 Å². The highest BCUT2D eigenvalue weighted by Gasteiger charge is 2.28. The number of rotatable bonds is 4. The summed E-state index contributed by atoms with van der Waals surface area (Å²) in [4.78, 5) is 19.6. The van der Waals surface area contributed by atoms with Crippen LogP contribution in [-0.4, -0.2) is 23.5 Å². The normalized spacial score (nSPS) is 20.1. The molecule has 0 bridgehead atoms. The molecule has 1 aliphatic rings. The third-order valence-electron chi connectivity index (χ3n) is 5.18. The molecule has 0 radical (unpaired) electrons. The molecular weight excluding hydrogens is 382 g/mol. The smallest absolute Gasteiger partial charge is 0.295 e. The van der Waals surface area contributed by atoms with Gasteiger partial charge in [-0.05, 0) is 68.4 Å². The number of carbonyl (C=O) groups is 1. The van der Waals surface area contributed by atoms with Gasteiger partial charge in [0.25, 0.3) is 5.91 Å². The van der Waals surface area contributed by atoms with Gasteiger partial charge in [-0.2, -0.15) is 0 Å². The number of hydrogen-bond acceptors (Lipinski definition) is 5. The summed E-state index contributed by atoms with van der Waals surface area (Å²) in [6, 6.07) is 7.51. The van der Waals surface area contributed by atoms with Gasteiger partial charge in [0.1, 0.15) is 0 Å². The molecule has 0 spiro atoms. The van der Waals surface area contributed by atoms with Crippen molar-refractivity contribution < 1.29 is 9.21 Å².